The second-order valence-corrected chi connectivity index (χ2v) is 9.18. The largest absolute Gasteiger partial charge is 0.461 e. The molecule has 1 fully saturated rings. The Morgan fingerprint density at radius 2 is 1.86 bits per heavy atom. The molecule has 0 amide bonds. The molecule has 0 bridgehead atoms. The number of nitrogens with zero attached hydrogens (tertiary/aromatic N) is 4. The summed E-state index contributed by atoms with van der Waals surface area (Å²) in [6, 6.07) is -0.711. The number of H-pyrrole nitrogens is 1. The van der Waals surface area contributed by atoms with Crippen LogP contribution in [0.5, 0.6) is 0 Å². The molecule has 0 spiro atoms. The van der Waals surface area contributed by atoms with Gasteiger partial charge in [-0.2, -0.15) is 0 Å². The van der Waals surface area contributed by atoms with Gasteiger partial charge in [-0.1, -0.05) is 69.8 Å². The molecule has 2 heterocycles. The zero-order valence-corrected chi connectivity index (χ0v) is 20.8. The van der Waals surface area contributed by atoms with Gasteiger partial charge in [0.25, 0.3) is 5.56 Å². The van der Waals surface area contributed by atoms with Gasteiger partial charge in [0, 0.05) is 23.1 Å². The zero-order valence-electron chi connectivity index (χ0n) is 20.8. The first kappa shape index (κ1) is 28.6. The second kappa shape index (κ2) is 15.4. The quantitative estimate of drug-likeness (QED) is 0.113. The van der Waals surface area contributed by atoms with Crippen LogP contribution in [0.25, 0.3) is 10.4 Å². The van der Waals surface area contributed by atoms with E-state index in [0.717, 1.165) is 19.3 Å². The third kappa shape index (κ3) is 9.49. The lowest BCUT2D eigenvalue weighted by Crippen LogP contribution is -2.33. The maximum absolute atomic E-state index is 14.3. The summed E-state index contributed by atoms with van der Waals surface area (Å²) in [6.45, 7) is 3.45. The highest BCUT2D eigenvalue weighted by atomic mass is 19.1. The first-order valence-electron chi connectivity index (χ1n) is 12.7. The molecule has 1 aromatic rings. The van der Waals surface area contributed by atoms with Crippen LogP contribution in [0.4, 0.5) is 4.39 Å². The molecule has 0 aliphatic carbocycles. The number of rotatable bonds is 16. The lowest BCUT2D eigenvalue weighted by molar-refractivity contribution is -0.154. The van der Waals surface area contributed by atoms with Crippen molar-refractivity contribution in [3.8, 4) is 0 Å². The molecule has 196 valence electrons. The molecule has 1 aromatic heterocycles. The predicted octanol–water partition coefficient (Wildman–Crippen LogP) is 5.00. The minimum Gasteiger partial charge on any atom is -0.461 e. The van der Waals surface area contributed by atoms with Gasteiger partial charge in [-0.05, 0) is 25.3 Å². The summed E-state index contributed by atoms with van der Waals surface area (Å²) in [7, 11) is 0. The monoisotopic (exact) mass is 495 g/mol. The minimum absolute atomic E-state index is 0.106. The fraction of sp³-hybridized carbons (Fsp3) is 0.792. The third-order valence-corrected chi connectivity index (χ3v) is 6.32. The average Bonchev–Trinajstić information content (AvgIpc) is 3.23. The zero-order chi connectivity index (χ0) is 25.6. The van der Waals surface area contributed by atoms with E-state index in [9.17, 15) is 18.8 Å². The van der Waals surface area contributed by atoms with Crippen molar-refractivity contribution >= 4 is 5.97 Å². The molecule has 0 radical (unpaired) electrons. The highest BCUT2D eigenvalue weighted by Gasteiger charge is 2.37. The summed E-state index contributed by atoms with van der Waals surface area (Å²) in [5.74, 6) is -0.968. The van der Waals surface area contributed by atoms with Crippen molar-refractivity contribution in [3.05, 3.63) is 43.0 Å². The minimum atomic E-state index is -1.72. The summed E-state index contributed by atoms with van der Waals surface area (Å²) in [4.78, 5) is 40.8. The van der Waals surface area contributed by atoms with Gasteiger partial charge in [0.15, 0.2) is 6.17 Å². The standard InChI is InChI=1S/C24H38FN5O5/c1-3-4-5-6-7-8-9-10-11-12-13-18(25)23(32)34-16-20-19(28-29-26)14-21(35-20)30-15-17(2)22(31)27-24(30)33/h15,18-21H,3-14,16H2,1-2H3,(H,27,31,33)/t18?,19-,20+,21+/m0/s1. The number of aromatic amines is 1. The molecule has 11 heteroatoms. The topological polar surface area (TPSA) is 139 Å². The van der Waals surface area contributed by atoms with Crippen molar-refractivity contribution in [1.29, 1.82) is 0 Å². The molecule has 1 aliphatic heterocycles. The van der Waals surface area contributed by atoms with Crippen molar-refractivity contribution in [3.63, 3.8) is 0 Å². The molecule has 0 aromatic carbocycles. The van der Waals surface area contributed by atoms with Gasteiger partial charge in [-0.25, -0.2) is 14.0 Å². The van der Waals surface area contributed by atoms with Crippen LogP contribution in [0.3, 0.4) is 0 Å². The van der Waals surface area contributed by atoms with Crippen LogP contribution in [-0.2, 0) is 14.3 Å². The number of azide groups is 1. The van der Waals surface area contributed by atoms with Crippen molar-refractivity contribution in [2.45, 2.75) is 115 Å². The number of nitrogens with one attached hydrogen (secondary N) is 1. The van der Waals surface area contributed by atoms with E-state index in [1.165, 1.54) is 49.3 Å². The van der Waals surface area contributed by atoms with E-state index < -0.39 is 41.8 Å². The number of aromatic nitrogens is 2. The van der Waals surface area contributed by atoms with E-state index in [1.807, 2.05) is 0 Å². The van der Waals surface area contributed by atoms with Crippen LogP contribution in [0.1, 0.15) is 95.8 Å². The third-order valence-electron chi connectivity index (χ3n) is 6.32. The number of halogens is 1. The van der Waals surface area contributed by atoms with E-state index in [0.29, 0.717) is 12.0 Å². The highest BCUT2D eigenvalue weighted by Crippen LogP contribution is 2.30. The Labute approximate surface area is 204 Å². The van der Waals surface area contributed by atoms with Crippen LogP contribution in [-0.4, -0.2) is 40.4 Å². The molecule has 1 unspecified atom stereocenters. The van der Waals surface area contributed by atoms with Crippen molar-refractivity contribution in [1.82, 2.24) is 9.55 Å². The number of hydrogen-bond donors (Lipinski definition) is 1. The van der Waals surface area contributed by atoms with Gasteiger partial charge in [0.1, 0.15) is 18.9 Å². The van der Waals surface area contributed by atoms with Crippen molar-refractivity contribution < 1.29 is 18.7 Å². The van der Waals surface area contributed by atoms with Gasteiger partial charge < -0.3 is 9.47 Å². The SMILES string of the molecule is CCCCCCCCCCCCC(F)C(=O)OC[C@H]1O[C@@H](n2cc(C)c(=O)[nH]c2=O)C[C@@H]1N=[N+]=[N-]. The Bertz CT molecular complexity index is 958. The predicted molar refractivity (Wildman–Crippen MR) is 130 cm³/mol. The Morgan fingerprint density at radius 3 is 2.49 bits per heavy atom. The lowest BCUT2D eigenvalue weighted by Gasteiger charge is -2.17. The van der Waals surface area contributed by atoms with Crippen molar-refractivity contribution in [2.75, 3.05) is 6.61 Å². The number of esters is 1. The number of carbonyl (C=O) groups excluding carboxylic acids is 1. The van der Waals surface area contributed by atoms with Gasteiger partial charge in [-0.3, -0.25) is 14.3 Å². The maximum Gasteiger partial charge on any atom is 0.340 e. The number of carbonyl (C=O) groups is 1. The molecular formula is C24H38FN5O5. The van der Waals surface area contributed by atoms with Gasteiger partial charge >= 0.3 is 11.7 Å². The van der Waals surface area contributed by atoms with Crippen LogP contribution >= 0.6 is 0 Å². The summed E-state index contributed by atoms with van der Waals surface area (Å²) < 4.78 is 26.3. The highest BCUT2D eigenvalue weighted by molar-refractivity contribution is 5.74. The lowest BCUT2D eigenvalue weighted by atomic mass is 10.0. The Kier molecular flexibility index (Phi) is 12.6. The molecule has 4 atom stereocenters. The Morgan fingerprint density at radius 1 is 1.23 bits per heavy atom. The summed E-state index contributed by atoms with van der Waals surface area (Å²) in [5, 5.41) is 3.66. The first-order chi connectivity index (χ1) is 16.9. The van der Waals surface area contributed by atoms with Crippen LogP contribution in [0.2, 0.25) is 0 Å². The molecular weight excluding hydrogens is 457 g/mol. The van der Waals surface area contributed by atoms with Crippen LogP contribution < -0.4 is 11.2 Å². The molecule has 2 rings (SSSR count). The fourth-order valence-electron chi connectivity index (χ4n) is 4.21. The summed E-state index contributed by atoms with van der Waals surface area (Å²) >= 11 is 0. The maximum atomic E-state index is 14.3. The smallest absolute Gasteiger partial charge is 0.340 e. The van der Waals surface area contributed by atoms with Gasteiger partial charge in [0.05, 0.1) is 6.04 Å². The van der Waals surface area contributed by atoms with E-state index in [4.69, 9.17) is 15.0 Å². The number of alkyl halides is 1. The van der Waals surface area contributed by atoms with E-state index in [1.54, 1.807) is 6.92 Å². The van der Waals surface area contributed by atoms with Crippen molar-refractivity contribution in [2.24, 2.45) is 5.11 Å². The van der Waals surface area contributed by atoms with Crippen LogP contribution in [0, 0.1) is 6.92 Å². The molecule has 0 saturated carbocycles. The Hall–Kier alpha value is -2.65. The number of aryl methyl sites for hydroxylation is 1. The summed E-state index contributed by atoms with van der Waals surface area (Å²) in [6.07, 6.45) is 9.46. The van der Waals surface area contributed by atoms with Crippen LogP contribution in [0.15, 0.2) is 20.9 Å². The van der Waals surface area contributed by atoms with E-state index >= 15 is 0 Å². The Balaban J connectivity index is 1.73. The number of unbranched alkanes of at least 4 members (excludes halogenated alkanes) is 9. The fourth-order valence-corrected chi connectivity index (χ4v) is 4.21. The second-order valence-electron chi connectivity index (χ2n) is 9.18. The number of ether oxygens (including phenoxy) is 2. The number of hydrogen-bond acceptors (Lipinski definition) is 6. The molecule has 35 heavy (non-hydrogen) atoms. The molecule has 1 aliphatic rings. The van der Waals surface area contributed by atoms with Gasteiger partial charge in [0.2, 0.25) is 0 Å². The molecule has 1 N–H and O–H groups in total. The first-order valence-corrected chi connectivity index (χ1v) is 12.7. The average molecular weight is 496 g/mol. The van der Waals surface area contributed by atoms with E-state index in [2.05, 4.69) is 21.9 Å². The molecule has 10 nitrogen and oxygen atoms in total. The summed E-state index contributed by atoms with van der Waals surface area (Å²) in [5.41, 5.74) is 7.99. The normalized spacial score (nSPS) is 20.4. The molecule has 1 saturated heterocycles. The van der Waals surface area contributed by atoms with E-state index in [-0.39, 0.29) is 19.4 Å². The van der Waals surface area contributed by atoms with Gasteiger partial charge in [-0.15, -0.1) is 0 Å².